The van der Waals surface area contributed by atoms with Crippen LogP contribution in [0.5, 0.6) is 0 Å². The van der Waals surface area contributed by atoms with Crippen LogP contribution in [0.2, 0.25) is 0 Å². The third-order valence-corrected chi connectivity index (χ3v) is 5.85. The molecule has 0 bridgehead atoms. The monoisotopic (exact) mass is 426 g/mol. The molecule has 1 atom stereocenters. The summed E-state index contributed by atoms with van der Waals surface area (Å²) in [5.41, 5.74) is 2.52. The van der Waals surface area contributed by atoms with Gasteiger partial charge in [-0.15, -0.1) is 0 Å². The lowest BCUT2D eigenvalue weighted by molar-refractivity contribution is 0.0940. The van der Waals surface area contributed by atoms with Gasteiger partial charge in [-0.25, -0.2) is 12.8 Å². The van der Waals surface area contributed by atoms with E-state index in [0.29, 0.717) is 11.3 Å². The highest BCUT2D eigenvalue weighted by Gasteiger charge is 2.19. The number of amides is 1. The number of rotatable bonds is 7. The molecule has 5 nitrogen and oxygen atoms in total. The molecule has 0 aromatic heterocycles. The quantitative estimate of drug-likeness (QED) is 0.613. The zero-order valence-corrected chi connectivity index (χ0v) is 17.6. The number of carbonyl (C=O) groups is 1. The van der Waals surface area contributed by atoms with Crippen LogP contribution in [0, 0.1) is 5.82 Å². The number of carbonyl (C=O) groups excluding carboxylic acids is 1. The lowest BCUT2D eigenvalue weighted by atomic mass is 10.1. The Hall–Kier alpha value is -3.19. The van der Waals surface area contributed by atoms with Gasteiger partial charge in [0.15, 0.2) is 0 Å². The fourth-order valence-electron chi connectivity index (χ4n) is 3.04. The van der Waals surface area contributed by atoms with Crippen LogP contribution in [0.3, 0.4) is 0 Å². The first kappa shape index (κ1) is 21.5. The fourth-order valence-corrected chi connectivity index (χ4v) is 3.93. The van der Waals surface area contributed by atoms with Crippen molar-refractivity contribution < 1.29 is 17.6 Å². The summed E-state index contributed by atoms with van der Waals surface area (Å²) in [6.45, 7) is 2.01. The van der Waals surface area contributed by atoms with Crippen LogP contribution in [0.15, 0.2) is 78.9 Å². The molecule has 3 aromatic carbocycles. The molecule has 1 amide bonds. The molecular formula is C23H23FN2O3S. The molecule has 0 radical (unpaired) electrons. The van der Waals surface area contributed by atoms with Gasteiger partial charge in [0.05, 0.1) is 24.5 Å². The molecule has 0 aliphatic rings. The van der Waals surface area contributed by atoms with Gasteiger partial charge in [0.2, 0.25) is 10.0 Å². The Morgan fingerprint density at radius 1 is 0.967 bits per heavy atom. The molecule has 1 N–H and O–H groups in total. The molecule has 0 unspecified atom stereocenters. The maximum Gasteiger partial charge on any atom is 0.251 e. The van der Waals surface area contributed by atoms with Gasteiger partial charge in [0.25, 0.3) is 5.91 Å². The van der Waals surface area contributed by atoms with Crippen LogP contribution in [-0.4, -0.2) is 20.6 Å². The Balaban J connectivity index is 1.74. The minimum absolute atomic E-state index is 0.201. The third-order valence-electron chi connectivity index (χ3n) is 4.70. The maximum absolute atomic E-state index is 13.1. The molecule has 0 aliphatic carbocycles. The largest absolute Gasteiger partial charge is 0.346 e. The minimum Gasteiger partial charge on any atom is -0.346 e. The highest BCUT2D eigenvalue weighted by atomic mass is 32.2. The van der Waals surface area contributed by atoms with Gasteiger partial charge >= 0.3 is 0 Å². The van der Waals surface area contributed by atoms with Crippen molar-refractivity contribution in [2.75, 3.05) is 10.6 Å². The van der Waals surface area contributed by atoms with Crippen molar-refractivity contribution in [1.29, 1.82) is 0 Å². The van der Waals surface area contributed by atoms with Crippen LogP contribution < -0.4 is 9.62 Å². The van der Waals surface area contributed by atoms with E-state index >= 15 is 0 Å². The van der Waals surface area contributed by atoms with Crippen LogP contribution in [-0.2, 0) is 16.6 Å². The van der Waals surface area contributed by atoms with E-state index in [4.69, 9.17) is 0 Å². The minimum atomic E-state index is -3.51. The second-order valence-corrected chi connectivity index (χ2v) is 8.96. The van der Waals surface area contributed by atoms with Crippen molar-refractivity contribution in [2.45, 2.75) is 19.5 Å². The number of sulfonamides is 1. The van der Waals surface area contributed by atoms with Gasteiger partial charge in [0, 0.05) is 5.56 Å². The van der Waals surface area contributed by atoms with Gasteiger partial charge in [0.1, 0.15) is 5.82 Å². The lowest BCUT2D eigenvalue weighted by Gasteiger charge is -2.23. The van der Waals surface area contributed by atoms with Crippen molar-refractivity contribution in [1.82, 2.24) is 5.32 Å². The van der Waals surface area contributed by atoms with Crippen LogP contribution in [0.25, 0.3) is 0 Å². The predicted molar refractivity (Wildman–Crippen MR) is 116 cm³/mol. The van der Waals surface area contributed by atoms with Gasteiger partial charge in [-0.3, -0.25) is 9.10 Å². The second-order valence-electron chi connectivity index (χ2n) is 7.05. The van der Waals surface area contributed by atoms with Gasteiger partial charge < -0.3 is 5.32 Å². The summed E-state index contributed by atoms with van der Waals surface area (Å²) in [4.78, 5) is 12.5. The second kappa shape index (κ2) is 9.09. The van der Waals surface area contributed by atoms with Gasteiger partial charge in [-0.2, -0.15) is 0 Å². The Morgan fingerprint density at radius 3 is 2.13 bits per heavy atom. The fraction of sp³-hybridized carbons (Fsp3) is 0.174. The first-order valence-corrected chi connectivity index (χ1v) is 11.3. The average molecular weight is 427 g/mol. The lowest BCUT2D eigenvalue weighted by Crippen LogP contribution is -2.29. The molecule has 0 saturated carbocycles. The van der Waals surface area contributed by atoms with E-state index < -0.39 is 10.0 Å². The van der Waals surface area contributed by atoms with E-state index in [1.807, 2.05) is 37.3 Å². The molecule has 3 rings (SSSR count). The highest BCUT2D eigenvalue weighted by Crippen LogP contribution is 2.22. The van der Waals surface area contributed by atoms with Crippen molar-refractivity contribution in [3.05, 3.63) is 101 Å². The molecule has 7 heteroatoms. The number of halogens is 1. The topological polar surface area (TPSA) is 66.5 Å². The molecule has 3 aromatic rings. The molecule has 0 saturated heterocycles. The molecule has 0 aliphatic heterocycles. The van der Waals surface area contributed by atoms with E-state index in [9.17, 15) is 17.6 Å². The molecule has 156 valence electrons. The number of hydrogen-bond acceptors (Lipinski definition) is 3. The Bertz CT molecular complexity index is 1100. The average Bonchev–Trinajstić information content (AvgIpc) is 2.72. The number of nitrogens with one attached hydrogen (secondary N) is 1. The smallest absolute Gasteiger partial charge is 0.251 e. The summed E-state index contributed by atoms with van der Waals surface area (Å²) < 4.78 is 39.0. The Labute approximate surface area is 176 Å². The first-order valence-electron chi connectivity index (χ1n) is 9.42. The zero-order chi connectivity index (χ0) is 21.7. The SMILES string of the molecule is C[C@H](NC(=O)c1ccc(N(Cc2ccccc2)S(C)(=O)=O)cc1)c1ccc(F)cc1. The zero-order valence-electron chi connectivity index (χ0n) is 16.7. The van der Waals surface area contributed by atoms with Crippen molar-refractivity contribution in [3.8, 4) is 0 Å². The summed E-state index contributed by atoms with van der Waals surface area (Å²) in [5.74, 6) is -0.633. The van der Waals surface area contributed by atoms with E-state index in [-0.39, 0.29) is 24.3 Å². The van der Waals surface area contributed by atoms with Gasteiger partial charge in [-0.1, -0.05) is 42.5 Å². The molecule has 0 spiro atoms. The number of hydrogen-bond donors (Lipinski definition) is 1. The molecular weight excluding hydrogens is 403 g/mol. The van der Waals surface area contributed by atoms with Crippen molar-refractivity contribution in [3.63, 3.8) is 0 Å². The number of nitrogens with zero attached hydrogens (tertiary/aromatic N) is 1. The predicted octanol–water partition coefficient (Wildman–Crippen LogP) is 4.28. The highest BCUT2D eigenvalue weighted by molar-refractivity contribution is 7.92. The summed E-state index contributed by atoms with van der Waals surface area (Å²) >= 11 is 0. The number of anilines is 1. The standard InChI is InChI=1S/C23H23FN2O3S/c1-17(19-8-12-21(24)13-9-19)25-23(27)20-10-14-22(15-11-20)26(30(2,28)29)16-18-6-4-3-5-7-18/h3-15,17H,16H2,1-2H3,(H,25,27)/t17-/m0/s1. The van der Waals surface area contributed by atoms with Gasteiger partial charge in [-0.05, 0) is 54.4 Å². The normalized spacial score (nSPS) is 12.2. The van der Waals surface area contributed by atoms with Crippen molar-refractivity contribution >= 4 is 21.6 Å². The first-order chi connectivity index (χ1) is 14.2. The van der Waals surface area contributed by atoms with E-state index in [0.717, 1.165) is 17.4 Å². The van der Waals surface area contributed by atoms with E-state index in [2.05, 4.69) is 5.32 Å². The Morgan fingerprint density at radius 2 is 1.57 bits per heavy atom. The molecule has 0 heterocycles. The van der Waals surface area contributed by atoms with Crippen LogP contribution in [0.4, 0.5) is 10.1 Å². The van der Waals surface area contributed by atoms with Crippen LogP contribution in [0.1, 0.15) is 34.5 Å². The van der Waals surface area contributed by atoms with Crippen molar-refractivity contribution in [2.24, 2.45) is 0 Å². The summed E-state index contributed by atoms with van der Waals surface area (Å²) in [6.07, 6.45) is 1.15. The molecule has 30 heavy (non-hydrogen) atoms. The maximum atomic E-state index is 13.1. The Kier molecular flexibility index (Phi) is 6.52. The summed E-state index contributed by atoms with van der Waals surface area (Å²) in [7, 11) is -3.51. The van der Waals surface area contributed by atoms with E-state index in [1.54, 1.807) is 36.4 Å². The number of benzene rings is 3. The summed E-state index contributed by atoms with van der Waals surface area (Å²) in [6, 6.07) is 21.3. The van der Waals surface area contributed by atoms with Crippen LogP contribution >= 0.6 is 0 Å². The van der Waals surface area contributed by atoms with E-state index in [1.165, 1.54) is 16.4 Å². The summed E-state index contributed by atoms with van der Waals surface area (Å²) in [5, 5.41) is 2.86. The molecule has 0 fully saturated rings. The third kappa shape index (κ3) is 5.45.